The van der Waals surface area contributed by atoms with E-state index in [4.69, 9.17) is 26.2 Å². The van der Waals surface area contributed by atoms with Crippen LogP contribution in [0.25, 0.3) is 0 Å². The smallest absolute Gasteiger partial charge is 0.337 e. The lowest BCUT2D eigenvalue weighted by molar-refractivity contribution is 0.0419. The minimum Gasteiger partial charge on any atom is -0.465 e. The molecule has 0 bridgehead atoms. The summed E-state index contributed by atoms with van der Waals surface area (Å²) in [6, 6.07) is 15.3. The number of aliphatic hydroxyl groups is 1. The summed E-state index contributed by atoms with van der Waals surface area (Å²) < 4.78 is 10.7. The maximum Gasteiger partial charge on any atom is 0.337 e. The molecule has 5 nitrogen and oxygen atoms in total. The minimum atomic E-state index is -0.331. The molecule has 2 N–H and O–H groups in total. The fraction of sp³-hybridized carbons (Fsp3) is 0.409. The van der Waals surface area contributed by atoms with Crippen molar-refractivity contribution in [1.82, 2.24) is 5.32 Å². The number of halogens is 1. The zero-order chi connectivity index (χ0) is 20.4. The molecule has 2 rings (SSSR count). The molecule has 0 aliphatic rings. The van der Waals surface area contributed by atoms with Crippen molar-refractivity contribution in [1.29, 1.82) is 0 Å². The molecule has 2 unspecified atom stereocenters. The number of nitrogens with one attached hydrogen (secondary N) is 1. The summed E-state index contributed by atoms with van der Waals surface area (Å²) in [6.45, 7) is 3.33. The molecular formula is C22H28ClNO4. The Bertz CT molecular complexity index is 736. The lowest BCUT2D eigenvalue weighted by Crippen LogP contribution is -2.33. The lowest BCUT2D eigenvalue weighted by Gasteiger charge is -2.22. The summed E-state index contributed by atoms with van der Waals surface area (Å²) in [4.78, 5) is 11.5. The first-order valence-corrected chi connectivity index (χ1v) is 9.80. The second-order valence-electron chi connectivity index (χ2n) is 6.69. The van der Waals surface area contributed by atoms with Gasteiger partial charge in [-0.05, 0) is 55.2 Å². The van der Waals surface area contributed by atoms with Crippen molar-refractivity contribution in [3.63, 3.8) is 0 Å². The van der Waals surface area contributed by atoms with E-state index in [-0.39, 0.29) is 24.7 Å². The average molecular weight is 406 g/mol. The Balaban J connectivity index is 1.92. The second kappa shape index (κ2) is 11.8. The zero-order valence-corrected chi connectivity index (χ0v) is 17.1. The van der Waals surface area contributed by atoms with Gasteiger partial charge < -0.3 is 19.9 Å². The number of ether oxygens (including phenoxy) is 2. The maximum atomic E-state index is 11.5. The number of carbonyl (C=O) groups is 1. The number of aliphatic hydroxyl groups excluding tert-OH is 1. The number of hydrogen-bond donors (Lipinski definition) is 2. The first-order valence-electron chi connectivity index (χ1n) is 9.42. The summed E-state index contributed by atoms with van der Waals surface area (Å²) in [5.41, 5.74) is 2.69. The van der Waals surface area contributed by atoms with E-state index in [9.17, 15) is 4.79 Å². The van der Waals surface area contributed by atoms with Crippen LogP contribution in [0.15, 0.2) is 48.5 Å². The Kier molecular flexibility index (Phi) is 9.44. The van der Waals surface area contributed by atoms with Crippen molar-refractivity contribution in [2.24, 2.45) is 0 Å². The average Bonchev–Trinajstić information content (AvgIpc) is 2.70. The highest BCUT2D eigenvalue weighted by atomic mass is 35.5. The fourth-order valence-electron chi connectivity index (χ4n) is 2.90. The number of carbonyl (C=O) groups excluding carboxylic acids is 1. The number of esters is 1. The Hall–Kier alpha value is -1.92. The van der Waals surface area contributed by atoms with E-state index in [0.717, 1.165) is 17.5 Å². The molecule has 152 valence electrons. The number of methoxy groups -OCH3 is 1. The van der Waals surface area contributed by atoms with Crippen LogP contribution in [0.5, 0.6) is 0 Å². The summed E-state index contributed by atoms with van der Waals surface area (Å²) in [5, 5.41) is 13.2. The van der Waals surface area contributed by atoms with Gasteiger partial charge in [0.05, 0.1) is 18.8 Å². The Labute approximate surface area is 171 Å². The van der Waals surface area contributed by atoms with E-state index < -0.39 is 0 Å². The van der Waals surface area contributed by atoms with Gasteiger partial charge >= 0.3 is 5.97 Å². The summed E-state index contributed by atoms with van der Waals surface area (Å²) in [6.07, 6.45) is 1.27. The summed E-state index contributed by atoms with van der Waals surface area (Å²) in [7, 11) is 1.38. The Morgan fingerprint density at radius 1 is 1.21 bits per heavy atom. The maximum absolute atomic E-state index is 11.5. The van der Waals surface area contributed by atoms with E-state index in [1.807, 2.05) is 36.4 Å². The zero-order valence-electron chi connectivity index (χ0n) is 16.4. The molecule has 6 heteroatoms. The quantitative estimate of drug-likeness (QED) is 0.439. The van der Waals surface area contributed by atoms with Crippen LogP contribution in [0.2, 0.25) is 5.02 Å². The van der Waals surface area contributed by atoms with Gasteiger partial charge in [-0.1, -0.05) is 35.9 Å². The highest BCUT2D eigenvalue weighted by Gasteiger charge is 2.14. The second-order valence-corrected chi connectivity index (χ2v) is 7.13. The van der Waals surface area contributed by atoms with Gasteiger partial charge in [0.2, 0.25) is 0 Å². The van der Waals surface area contributed by atoms with Crippen LogP contribution in [-0.4, -0.2) is 44.0 Å². The third kappa shape index (κ3) is 7.24. The van der Waals surface area contributed by atoms with Gasteiger partial charge in [0.15, 0.2) is 0 Å². The SMILES string of the molecule is COC(=O)c1ccc(CC(C)NCC(OCCCO)c2cccc(Cl)c2)cc1. The van der Waals surface area contributed by atoms with Crippen LogP contribution in [0.4, 0.5) is 0 Å². The van der Waals surface area contributed by atoms with E-state index in [0.29, 0.717) is 30.2 Å². The highest BCUT2D eigenvalue weighted by Crippen LogP contribution is 2.21. The molecule has 0 aliphatic carbocycles. The normalized spacial score (nSPS) is 13.1. The predicted octanol–water partition coefficient (Wildman–Crippen LogP) is 3.79. The molecule has 0 radical (unpaired) electrons. The molecule has 2 aromatic carbocycles. The third-order valence-electron chi connectivity index (χ3n) is 4.41. The topological polar surface area (TPSA) is 67.8 Å². The van der Waals surface area contributed by atoms with Gasteiger partial charge in [-0.25, -0.2) is 4.79 Å². The molecule has 0 fully saturated rings. The number of benzene rings is 2. The first kappa shape index (κ1) is 22.4. The van der Waals surface area contributed by atoms with Gasteiger partial charge in [-0.3, -0.25) is 0 Å². The van der Waals surface area contributed by atoms with Crippen molar-refractivity contribution >= 4 is 17.6 Å². The first-order chi connectivity index (χ1) is 13.5. The molecule has 0 spiro atoms. The molecule has 0 aromatic heterocycles. The van der Waals surface area contributed by atoms with Crippen LogP contribution in [0.3, 0.4) is 0 Å². The van der Waals surface area contributed by atoms with Crippen molar-refractivity contribution in [2.45, 2.75) is 31.9 Å². The molecule has 0 saturated carbocycles. The van der Waals surface area contributed by atoms with Crippen molar-refractivity contribution in [3.8, 4) is 0 Å². The lowest BCUT2D eigenvalue weighted by atomic mass is 10.0. The van der Waals surface area contributed by atoms with Crippen molar-refractivity contribution in [2.75, 3.05) is 26.9 Å². The Morgan fingerprint density at radius 3 is 2.61 bits per heavy atom. The van der Waals surface area contributed by atoms with Crippen LogP contribution < -0.4 is 5.32 Å². The minimum absolute atomic E-state index is 0.105. The fourth-order valence-corrected chi connectivity index (χ4v) is 3.10. The largest absolute Gasteiger partial charge is 0.465 e. The summed E-state index contributed by atoms with van der Waals surface area (Å²) in [5.74, 6) is -0.331. The van der Waals surface area contributed by atoms with Crippen molar-refractivity contribution in [3.05, 3.63) is 70.2 Å². The van der Waals surface area contributed by atoms with Gasteiger partial charge in [0, 0.05) is 30.8 Å². The molecule has 0 heterocycles. The van der Waals surface area contributed by atoms with Crippen LogP contribution in [0.1, 0.15) is 40.9 Å². The van der Waals surface area contributed by atoms with Crippen molar-refractivity contribution < 1.29 is 19.4 Å². The molecule has 0 amide bonds. The standard InChI is InChI=1S/C22H28ClNO4/c1-16(13-17-7-9-18(10-8-17)22(26)27-2)24-15-21(28-12-4-11-25)19-5-3-6-20(23)14-19/h3,5-10,14,16,21,24-25H,4,11-13,15H2,1-2H3. The molecule has 28 heavy (non-hydrogen) atoms. The molecule has 0 aliphatic heterocycles. The van der Waals surface area contributed by atoms with E-state index in [1.54, 1.807) is 12.1 Å². The third-order valence-corrected chi connectivity index (χ3v) is 4.65. The molecule has 0 saturated heterocycles. The van der Waals surface area contributed by atoms with Crippen LogP contribution in [0, 0.1) is 0 Å². The number of rotatable bonds is 11. The van der Waals surface area contributed by atoms with Crippen LogP contribution in [-0.2, 0) is 15.9 Å². The van der Waals surface area contributed by atoms with E-state index >= 15 is 0 Å². The van der Waals surface area contributed by atoms with Gasteiger partial charge in [-0.2, -0.15) is 0 Å². The molecular weight excluding hydrogens is 378 g/mol. The van der Waals surface area contributed by atoms with E-state index in [1.165, 1.54) is 7.11 Å². The van der Waals surface area contributed by atoms with E-state index in [2.05, 4.69) is 12.2 Å². The summed E-state index contributed by atoms with van der Waals surface area (Å²) >= 11 is 6.12. The monoisotopic (exact) mass is 405 g/mol. The Morgan fingerprint density at radius 2 is 1.96 bits per heavy atom. The van der Waals surface area contributed by atoms with Crippen LogP contribution >= 0.6 is 11.6 Å². The van der Waals surface area contributed by atoms with Gasteiger partial charge in [0.1, 0.15) is 0 Å². The highest BCUT2D eigenvalue weighted by molar-refractivity contribution is 6.30. The number of hydrogen-bond acceptors (Lipinski definition) is 5. The predicted molar refractivity (Wildman–Crippen MR) is 111 cm³/mol. The van der Waals surface area contributed by atoms with Gasteiger partial charge in [-0.15, -0.1) is 0 Å². The molecule has 2 atom stereocenters. The molecule has 2 aromatic rings. The van der Waals surface area contributed by atoms with Gasteiger partial charge in [0.25, 0.3) is 0 Å².